The van der Waals surface area contributed by atoms with Crippen LogP contribution >= 0.6 is 11.3 Å². The van der Waals surface area contributed by atoms with E-state index in [-0.39, 0.29) is 0 Å². The van der Waals surface area contributed by atoms with E-state index in [1.54, 1.807) is 11.3 Å². The average Bonchev–Trinajstić information content (AvgIpc) is 2.93. The average molecular weight is 269 g/mol. The summed E-state index contributed by atoms with van der Waals surface area (Å²) in [5.41, 5.74) is 0.978. The zero-order valence-electron chi connectivity index (χ0n) is 10.8. The molecule has 0 radical (unpaired) electrons. The zero-order chi connectivity index (χ0) is 13.1. The van der Waals surface area contributed by atoms with Crippen LogP contribution in [0.5, 0.6) is 0 Å². The maximum absolute atomic E-state index is 4.51. The van der Waals surface area contributed by atoms with Crippen LogP contribution in [0.25, 0.3) is 21.5 Å². The van der Waals surface area contributed by atoms with Crippen LogP contribution in [0.1, 0.15) is 11.8 Å². The van der Waals surface area contributed by atoms with Gasteiger partial charge in [0.25, 0.3) is 0 Å². The summed E-state index contributed by atoms with van der Waals surface area (Å²) in [7, 11) is 0. The molecule has 0 spiro atoms. The third-order valence-electron chi connectivity index (χ3n) is 2.98. The van der Waals surface area contributed by atoms with Gasteiger partial charge >= 0.3 is 0 Å². The highest BCUT2D eigenvalue weighted by atomic mass is 32.1. The van der Waals surface area contributed by atoms with Gasteiger partial charge in [-0.15, -0.1) is 11.3 Å². The molecule has 0 aliphatic carbocycles. The molecule has 3 rings (SSSR count). The van der Waals surface area contributed by atoms with Crippen LogP contribution in [0.15, 0.2) is 42.7 Å². The van der Waals surface area contributed by atoms with E-state index in [1.165, 1.54) is 10.3 Å². The van der Waals surface area contributed by atoms with E-state index in [1.807, 2.05) is 30.6 Å². The Hall–Kier alpha value is -1.78. The maximum Gasteiger partial charge on any atom is 0.142 e. The van der Waals surface area contributed by atoms with Gasteiger partial charge in [0.05, 0.1) is 0 Å². The number of hydrogen-bond acceptors (Lipinski definition) is 4. The molecule has 0 saturated carbocycles. The first-order chi connectivity index (χ1) is 9.38. The molecular formula is C15H15N3S. The van der Waals surface area contributed by atoms with Crippen molar-refractivity contribution in [2.45, 2.75) is 13.5 Å². The van der Waals surface area contributed by atoms with Crippen molar-refractivity contribution in [2.75, 3.05) is 6.54 Å². The van der Waals surface area contributed by atoms with Crippen molar-refractivity contribution in [3.63, 3.8) is 0 Å². The fourth-order valence-corrected chi connectivity index (χ4v) is 2.93. The van der Waals surface area contributed by atoms with Gasteiger partial charge in [-0.1, -0.05) is 31.2 Å². The summed E-state index contributed by atoms with van der Waals surface area (Å²) in [5.74, 6) is 0. The first-order valence-corrected chi connectivity index (χ1v) is 7.19. The van der Waals surface area contributed by atoms with Crippen LogP contribution in [0.4, 0.5) is 0 Å². The molecule has 0 aliphatic heterocycles. The summed E-state index contributed by atoms with van der Waals surface area (Å²) in [4.78, 5) is 10.2. The topological polar surface area (TPSA) is 37.8 Å². The fourth-order valence-electron chi connectivity index (χ4n) is 2.04. The molecule has 0 aliphatic rings. The molecule has 3 nitrogen and oxygen atoms in total. The molecule has 0 bridgehead atoms. The van der Waals surface area contributed by atoms with Crippen LogP contribution < -0.4 is 5.32 Å². The Morgan fingerprint density at radius 2 is 2.05 bits per heavy atom. The second kappa shape index (κ2) is 5.47. The number of fused-ring (bicyclic) bond motifs is 1. The van der Waals surface area contributed by atoms with Gasteiger partial charge in [-0.2, -0.15) is 0 Å². The Balaban J connectivity index is 2.02. The summed E-state index contributed by atoms with van der Waals surface area (Å²) in [5, 5.41) is 6.67. The van der Waals surface area contributed by atoms with E-state index < -0.39 is 0 Å². The predicted molar refractivity (Wildman–Crippen MR) is 80.2 cm³/mol. The van der Waals surface area contributed by atoms with Gasteiger partial charge in [-0.3, -0.25) is 4.98 Å². The Labute approximate surface area is 116 Å². The molecule has 1 N–H and O–H groups in total. The van der Waals surface area contributed by atoms with Gasteiger partial charge in [0, 0.05) is 29.2 Å². The van der Waals surface area contributed by atoms with Gasteiger partial charge in [0.2, 0.25) is 0 Å². The summed E-state index contributed by atoms with van der Waals surface area (Å²) in [6, 6.07) is 10.3. The minimum Gasteiger partial charge on any atom is -0.312 e. The van der Waals surface area contributed by atoms with Crippen LogP contribution in [-0.4, -0.2) is 16.5 Å². The number of hydrogen-bond donors (Lipinski definition) is 1. The summed E-state index contributed by atoms with van der Waals surface area (Å²) < 4.78 is 0. The number of nitrogens with one attached hydrogen (secondary N) is 1. The summed E-state index contributed by atoms with van der Waals surface area (Å²) in [6.45, 7) is 3.95. The lowest BCUT2D eigenvalue weighted by molar-refractivity contribution is 0.734. The Morgan fingerprint density at radius 3 is 2.95 bits per heavy atom. The van der Waals surface area contributed by atoms with Crippen molar-refractivity contribution >= 4 is 22.1 Å². The number of nitrogens with zero attached hydrogens (tertiary/aromatic N) is 2. The molecule has 3 aromatic rings. The van der Waals surface area contributed by atoms with Crippen LogP contribution in [0, 0.1) is 0 Å². The van der Waals surface area contributed by atoms with Crippen molar-refractivity contribution in [3.8, 4) is 10.7 Å². The van der Waals surface area contributed by atoms with Gasteiger partial charge in [0.15, 0.2) is 0 Å². The van der Waals surface area contributed by atoms with E-state index in [2.05, 4.69) is 34.3 Å². The van der Waals surface area contributed by atoms with Gasteiger partial charge in [-0.05, 0) is 18.0 Å². The molecule has 1 aromatic carbocycles. The van der Waals surface area contributed by atoms with Crippen LogP contribution in [0.3, 0.4) is 0 Å². The van der Waals surface area contributed by atoms with Gasteiger partial charge in [-0.25, -0.2) is 4.98 Å². The molecule has 2 aromatic heterocycles. The van der Waals surface area contributed by atoms with Gasteiger partial charge < -0.3 is 5.32 Å². The van der Waals surface area contributed by atoms with Crippen molar-refractivity contribution in [1.29, 1.82) is 0 Å². The lowest BCUT2D eigenvalue weighted by Gasteiger charge is -2.01. The molecule has 2 heterocycles. The number of benzene rings is 1. The largest absolute Gasteiger partial charge is 0.312 e. The molecule has 0 atom stereocenters. The molecule has 0 saturated heterocycles. The maximum atomic E-state index is 4.51. The highest BCUT2D eigenvalue weighted by Crippen LogP contribution is 2.29. The van der Waals surface area contributed by atoms with Crippen molar-refractivity contribution in [3.05, 3.63) is 47.6 Å². The first-order valence-electron chi connectivity index (χ1n) is 6.38. The zero-order valence-corrected chi connectivity index (χ0v) is 11.6. The second-order valence-electron chi connectivity index (χ2n) is 4.29. The molecule has 0 fully saturated rings. The van der Waals surface area contributed by atoms with E-state index in [4.69, 9.17) is 0 Å². The number of thiazole rings is 1. The molecule has 19 heavy (non-hydrogen) atoms. The van der Waals surface area contributed by atoms with Crippen LogP contribution in [0.2, 0.25) is 0 Å². The third kappa shape index (κ3) is 2.50. The monoisotopic (exact) mass is 269 g/mol. The predicted octanol–water partition coefficient (Wildman–Crippen LogP) is 3.47. The second-order valence-corrected chi connectivity index (χ2v) is 5.41. The molecule has 4 heteroatoms. The van der Waals surface area contributed by atoms with Crippen molar-refractivity contribution in [2.24, 2.45) is 0 Å². The SMILES string of the molecule is CCNCc1cnc(-c2nccc3ccccc23)s1. The number of aromatic nitrogens is 2. The van der Waals surface area contributed by atoms with E-state index in [9.17, 15) is 0 Å². The lowest BCUT2D eigenvalue weighted by atomic mass is 10.1. The normalized spacial score (nSPS) is 11.0. The standard InChI is InChI=1S/C15H15N3S/c1-2-16-9-12-10-18-15(19-12)14-13-6-4-3-5-11(13)7-8-17-14/h3-8,10,16H,2,9H2,1H3. The Morgan fingerprint density at radius 1 is 1.16 bits per heavy atom. The number of pyridine rings is 1. The number of rotatable bonds is 4. The minimum absolute atomic E-state index is 0.874. The lowest BCUT2D eigenvalue weighted by Crippen LogP contribution is -2.10. The highest BCUT2D eigenvalue weighted by molar-refractivity contribution is 7.15. The highest BCUT2D eigenvalue weighted by Gasteiger charge is 2.09. The summed E-state index contributed by atoms with van der Waals surface area (Å²) in [6.07, 6.45) is 3.79. The van der Waals surface area contributed by atoms with E-state index >= 15 is 0 Å². The Bertz CT molecular complexity index is 685. The summed E-state index contributed by atoms with van der Waals surface area (Å²) >= 11 is 1.70. The third-order valence-corrected chi connectivity index (χ3v) is 3.98. The Kier molecular flexibility index (Phi) is 3.53. The van der Waals surface area contributed by atoms with E-state index in [0.29, 0.717) is 0 Å². The molecule has 96 valence electrons. The fraction of sp³-hybridized carbons (Fsp3) is 0.200. The van der Waals surface area contributed by atoms with Crippen LogP contribution in [-0.2, 0) is 6.54 Å². The smallest absolute Gasteiger partial charge is 0.142 e. The first kappa shape index (κ1) is 12.3. The quantitative estimate of drug-likeness (QED) is 0.788. The molecular weight excluding hydrogens is 254 g/mol. The minimum atomic E-state index is 0.874. The van der Waals surface area contributed by atoms with Crippen molar-refractivity contribution < 1.29 is 0 Å². The van der Waals surface area contributed by atoms with E-state index in [0.717, 1.165) is 29.2 Å². The molecule has 0 amide bonds. The van der Waals surface area contributed by atoms with Crippen molar-refractivity contribution in [1.82, 2.24) is 15.3 Å². The van der Waals surface area contributed by atoms with Gasteiger partial charge in [0.1, 0.15) is 10.7 Å². The molecule has 0 unspecified atom stereocenters.